The lowest BCUT2D eigenvalue weighted by atomic mass is 10.1. The van der Waals surface area contributed by atoms with Gasteiger partial charge in [0.15, 0.2) is 0 Å². The minimum Gasteiger partial charge on any atom is -0.377 e. The van der Waals surface area contributed by atoms with Gasteiger partial charge in [-0.25, -0.2) is 8.42 Å². The summed E-state index contributed by atoms with van der Waals surface area (Å²) in [5, 5.41) is 0. The Balaban J connectivity index is 2.44. The maximum Gasteiger partial charge on any atom is 0.243 e. The van der Waals surface area contributed by atoms with E-state index in [1.165, 1.54) is 4.31 Å². The summed E-state index contributed by atoms with van der Waals surface area (Å²) >= 11 is 5.91. The quantitative estimate of drug-likeness (QED) is 0.797. The van der Waals surface area contributed by atoms with Crippen molar-refractivity contribution in [3.8, 4) is 0 Å². The molecule has 1 fully saturated rings. The highest BCUT2D eigenvalue weighted by Crippen LogP contribution is 2.28. The molecule has 2 rings (SSSR count). The Hall–Kier alpha value is -0.620. The van der Waals surface area contributed by atoms with Crippen molar-refractivity contribution in [1.82, 2.24) is 4.31 Å². The molecular weight excluding hydrogens is 310 g/mol. The van der Waals surface area contributed by atoms with Crippen LogP contribution in [-0.2, 0) is 20.6 Å². The molecule has 21 heavy (non-hydrogen) atoms. The largest absolute Gasteiger partial charge is 0.377 e. The Morgan fingerprint density at radius 2 is 2.00 bits per heavy atom. The summed E-state index contributed by atoms with van der Waals surface area (Å²) in [6, 6.07) is 3.46. The highest BCUT2D eigenvalue weighted by molar-refractivity contribution is 7.89. The number of rotatable bonds is 4. The molecule has 6 heteroatoms. The van der Waals surface area contributed by atoms with Crippen LogP contribution in [0, 0.1) is 13.8 Å². The van der Waals surface area contributed by atoms with E-state index in [1.54, 1.807) is 13.1 Å². The third-order valence-corrected chi connectivity index (χ3v) is 6.55. The van der Waals surface area contributed by atoms with E-state index < -0.39 is 10.0 Å². The van der Waals surface area contributed by atoms with Gasteiger partial charge in [0.05, 0.1) is 17.0 Å². The number of hydrogen-bond acceptors (Lipinski definition) is 3. The molecule has 2 atom stereocenters. The van der Waals surface area contributed by atoms with Crippen molar-refractivity contribution in [2.45, 2.75) is 50.1 Å². The number of hydrogen-bond donors (Lipinski definition) is 0. The van der Waals surface area contributed by atoms with Gasteiger partial charge in [0.25, 0.3) is 0 Å². The minimum atomic E-state index is -3.54. The summed E-state index contributed by atoms with van der Waals surface area (Å²) in [6.07, 6.45) is 0.646. The highest BCUT2D eigenvalue weighted by Gasteiger charge is 2.36. The van der Waals surface area contributed by atoms with Gasteiger partial charge in [0.2, 0.25) is 10.0 Å². The zero-order chi connectivity index (χ0) is 15.8. The van der Waals surface area contributed by atoms with Crippen LogP contribution in [0.25, 0.3) is 0 Å². The van der Waals surface area contributed by atoms with Crippen LogP contribution in [0.3, 0.4) is 0 Å². The fourth-order valence-corrected chi connectivity index (χ4v) is 4.82. The van der Waals surface area contributed by atoms with E-state index in [2.05, 4.69) is 0 Å². The summed E-state index contributed by atoms with van der Waals surface area (Å²) < 4.78 is 32.7. The number of aryl methyl sites for hydroxylation is 2. The second-order valence-corrected chi connectivity index (χ2v) is 7.86. The average molecular weight is 332 g/mol. The van der Waals surface area contributed by atoms with E-state index in [4.69, 9.17) is 16.3 Å². The first-order valence-corrected chi connectivity index (χ1v) is 9.02. The first-order chi connectivity index (χ1) is 9.78. The van der Waals surface area contributed by atoms with Crippen LogP contribution in [0.5, 0.6) is 0 Å². The molecule has 0 spiro atoms. The molecule has 2 unspecified atom stereocenters. The molecule has 0 radical (unpaired) electrons. The number of ether oxygens (including phenoxy) is 1. The molecule has 0 aromatic heterocycles. The summed E-state index contributed by atoms with van der Waals surface area (Å²) in [7, 11) is -1.91. The molecule has 1 heterocycles. The lowest BCUT2D eigenvalue weighted by Gasteiger charge is -2.27. The standard InChI is InChI=1S/C15H22ClNO3S/c1-10-7-11(2)15(8-13(10)9-16)21(18,19)17(4)14-5-6-20-12(14)3/h7-8,12,14H,5-6,9H2,1-4H3. The molecule has 0 amide bonds. The van der Waals surface area contributed by atoms with Crippen LogP contribution in [-0.4, -0.2) is 38.5 Å². The fourth-order valence-electron chi connectivity index (χ4n) is 2.83. The van der Waals surface area contributed by atoms with Crippen LogP contribution in [0.4, 0.5) is 0 Å². The van der Waals surface area contributed by atoms with Crippen molar-refractivity contribution in [3.05, 3.63) is 28.8 Å². The monoisotopic (exact) mass is 331 g/mol. The maximum absolute atomic E-state index is 12.9. The Morgan fingerprint density at radius 1 is 1.33 bits per heavy atom. The van der Waals surface area contributed by atoms with Gasteiger partial charge in [-0.1, -0.05) is 6.07 Å². The van der Waals surface area contributed by atoms with Crippen molar-refractivity contribution >= 4 is 21.6 Å². The Labute approximate surface area is 132 Å². The van der Waals surface area contributed by atoms with Crippen LogP contribution in [0.2, 0.25) is 0 Å². The van der Waals surface area contributed by atoms with Gasteiger partial charge >= 0.3 is 0 Å². The number of alkyl halides is 1. The first kappa shape index (κ1) is 16.7. The van der Waals surface area contributed by atoms with Crippen LogP contribution >= 0.6 is 11.6 Å². The summed E-state index contributed by atoms with van der Waals surface area (Å²) in [4.78, 5) is 0.338. The number of halogens is 1. The summed E-state index contributed by atoms with van der Waals surface area (Å²) in [5.41, 5.74) is 2.62. The van der Waals surface area contributed by atoms with Crippen molar-refractivity contribution in [1.29, 1.82) is 0 Å². The number of benzene rings is 1. The van der Waals surface area contributed by atoms with E-state index in [-0.39, 0.29) is 12.1 Å². The average Bonchev–Trinajstić information content (AvgIpc) is 2.83. The van der Waals surface area contributed by atoms with E-state index in [9.17, 15) is 8.42 Å². The third-order valence-electron chi connectivity index (χ3n) is 4.24. The van der Waals surface area contributed by atoms with Crippen LogP contribution < -0.4 is 0 Å². The molecule has 1 aromatic rings. The summed E-state index contributed by atoms with van der Waals surface area (Å²) in [5.74, 6) is 0.307. The Kier molecular flexibility index (Phi) is 4.98. The lowest BCUT2D eigenvalue weighted by molar-refractivity contribution is 0.102. The van der Waals surface area contributed by atoms with E-state index in [1.807, 2.05) is 26.8 Å². The minimum absolute atomic E-state index is 0.0805. The summed E-state index contributed by atoms with van der Waals surface area (Å²) in [6.45, 7) is 6.28. The van der Waals surface area contributed by atoms with Crippen molar-refractivity contribution in [2.75, 3.05) is 13.7 Å². The molecular formula is C15H22ClNO3S. The van der Waals surface area contributed by atoms with Crippen LogP contribution in [0.15, 0.2) is 17.0 Å². The normalized spacial score (nSPS) is 23.0. The van der Waals surface area contributed by atoms with Gasteiger partial charge < -0.3 is 4.74 Å². The van der Waals surface area contributed by atoms with Crippen LogP contribution in [0.1, 0.15) is 30.0 Å². The van der Waals surface area contributed by atoms with E-state index in [0.29, 0.717) is 17.4 Å². The van der Waals surface area contributed by atoms with Crippen molar-refractivity contribution in [3.63, 3.8) is 0 Å². The second-order valence-electron chi connectivity index (χ2n) is 5.63. The van der Waals surface area contributed by atoms with Gasteiger partial charge in [-0.05, 0) is 49.9 Å². The number of likely N-dealkylation sites (N-methyl/N-ethyl adjacent to an activating group) is 1. The van der Waals surface area contributed by atoms with E-state index >= 15 is 0 Å². The highest BCUT2D eigenvalue weighted by atomic mass is 35.5. The van der Waals surface area contributed by atoms with Gasteiger partial charge in [-0.15, -0.1) is 11.6 Å². The number of sulfonamides is 1. The first-order valence-electron chi connectivity index (χ1n) is 7.04. The molecule has 1 aliphatic rings. The molecule has 118 valence electrons. The maximum atomic E-state index is 12.9. The zero-order valence-electron chi connectivity index (χ0n) is 12.9. The van der Waals surface area contributed by atoms with Gasteiger partial charge in [0.1, 0.15) is 0 Å². The Morgan fingerprint density at radius 3 is 2.52 bits per heavy atom. The fraction of sp³-hybridized carbons (Fsp3) is 0.600. The van der Waals surface area contributed by atoms with Crippen molar-refractivity contribution in [2.24, 2.45) is 0 Å². The smallest absolute Gasteiger partial charge is 0.243 e. The molecule has 0 N–H and O–H groups in total. The Bertz CT molecular complexity index is 630. The SMILES string of the molecule is Cc1cc(C)c(S(=O)(=O)N(C)C2CCOC2C)cc1CCl. The molecule has 1 aliphatic heterocycles. The molecule has 1 aromatic carbocycles. The third kappa shape index (κ3) is 3.11. The number of nitrogens with zero attached hydrogens (tertiary/aromatic N) is 1. The van der Waals surface area contributed by atoms with Gasteiger partial charge in [-0.2, -0.15) is 4.31 Å². The van der Waals surface area contributed by atoms with E-state index in [0.717, 1.165) is 23.1 Å². The molecule has 0 bridgehead atoms. The van der Waals surface area contributed by atoms with Crippen molar-refractivity contribution < 1.29 is 13.2 Å². The zero-order valence-corrected chi connectivity index (χ0v) is 14.5. The predicted molar refractivity (Wildman–Crippen MR) is 84.2 cm³/mol. The second kappa shape index (κ2) is 6.24. The predicted octanol–water partition coefficient (Wildman–Crippen LogP) is 2.84. The topological polar surface area (TPSA) is 46.6 Å². The molecule has 0 aliphatic carbocycles. The van der Waals surface area contributed by atoms with Gasteiger partial charge in [-0.3, -0.25) is 0 Å². The molecule has 1 saturated heterocycles. The lowest BCUT2D eigenvalue weighted by Crippen LogP contribution is -2.41. The van der Waals surface area contributed by atoms with Gasteiger partial charge in [0, 0.05) is 19.5 Å². The molecule has 0 saturated carbocycles. The molecule has 4 nitrogen and oxygen atoms in total.